The molecule has 0 aliphatic carbocycles. The van der Waals surface area contributed by atoms with Gasteiger partial charge < -0.3 is 9.84 Å². The summed E-state index contributed by atoms with van der Waals surface area (Å²) >= 11 is 0. The Morgan fingerprint density at radius 2 is 2.45 bits per heavy atom. The monoisotopic (exact) mass is 157 g/mol. The fraction of sp³-hybridized carbons (Fsp3) is 0.667. The molecule has 2 aliphatic rings. The molecule has 2 atom stereocenters. The Morgan fingerprint density at radius 1 is 1.73 bits per heavy atom. The first kappa shape index (κ1) is 6.60. The number of Topliss-reactive ketones (excluding diaryl/α,β-unsaturated/α-hetero) is 1. The lowest BCUT2D eigenvalue weighted by Crippen LogP contribution is -2.43. The molecule has 0 aromatic rings. The molecular weight excluding hydrogens is 150 g/mol. The van der Waals surface area contributed by atoms with Crippen molar-refractivity contribution in [1.29, 1.82) is 0 Å². The van der Waals surface area contributed by atoms with E-state index < -0.39 is 6.09 Å². The van der Waals surface area contributed by atoms with Crippen molar-refractivity contribution >= 4 is 11.9 Å². The normalized spacial score (nSPS) is 34.9. The average molecular weight is 157 g/mol. The number of hydrogen-bond donors (Lipinski definition) is 1. The van der Waals surface area contributed by atoms with Gasteiger partial charge in [0.15, 0.2) is 5.78 Å². The van der Waals surface area contributed by atoms with Gasteiger partial charge in [0.1, 0.15) is 12.2 Å². The first-order chi connectivity index (χ1) is 5.18. The van der Waals surface area contributed by atoms with Crippen LogP contribution < -0.4 is 0 Å². The van der Waals surface area contributed by atoms with E-state index in [1.165, 1.54) is 0 Å². The summed E-state index contributed by atoms with van der Waals surface area (Å²) in [7, 11) is 0. The minimum Gasteiger partial charge on any atom is -0.465 e. The van der Waals surface area contributed by atoms with Gasteiger partial charge in [0, 0.05) is 0 Å². The number of amides is 1. The van der Waals surface area contributed by atoms with E-state index in [1.54, 1.807) is 0 Å². The highest BCUT2D eigenvalue weighted by molar-refractivity contribution is 5.91. The molecule has 0 radical (unpaired) electrons. The number of nitrogens with zero attached hydrogens (tertiary/aromatic N) is 1. The number of likely N-dealkylation sites (tertiary alicyclic amines) is 1. The van der Waals surface area contributed by atoms with Crippen LogP contribution in [0.2, 0.25) is 0 Å². The first-order valence-corrected chi connectivity index (χ1v) is 3.34. The van der Waals surface area contributed by atoms with Crippen LogP contribution in [0.25, 0.3) is 0 Å². The van der Waals surface area contributed by atoms with Crippen LogP contribution in [0.15, 0.2) is 0 Å². The van der Waals surface area contributed by atoms with Gasteiger partial charge in [-0.05, 0) is 0 Å². The van der Waals surface area contributed by atoms with Crippen LogP contribution >= 0.6 is 0 Å². The van der Waals surface area contributed by atoms with Crippen molar-refractivity contribution in [3.05, 3.63) is 0 Å². The number of rotatable bonds is 0. The SMILES string of the molecule is O=C1CN(C(=O)O)CC2OC12. The summed E-state index contributed by atoms with van der Waals surface area (Å²) in [5.41, 5.74) is 0. The molecule has 5 nitrogen and oxygen atoms in total. The van der Waals surface area contributed by atoms with E-state index >= 15 is 0 Å². The third kappa shape index (κ3) is 0.970. The number of hydrogen-bond acceptors (Lipinski definition) is 3. The van der Waals surface area contributed by atoms with E-state index in [0.29, 0.717) is 6.54 Å². The van der Waals surface area contributed by atoms with Crippen molar-refractivity contribution in [3.63, 3.8) is 0 Å². The third-order valence-electron chi connectivity index (χ3n) is 1.92. The summed E-state index contributed by atoms with van der Waals surface area (Å²) in [4.78, 5) is 22.4. The molecule has 0 saturated carbocycles. The van der Waals surface area contributed by atoms with Crippen molar-refractivity contribution in [3.8, 4) is 0 Å². The minimum absolute atomic E-state index is 0.0174. The molecule has 2 saturated heterocycles. The third-order valence-corrected chi connectivity index (χ3v) is 1.92. The van der Waals surface area contributed by atoms with Gasteiger partial charge in [-0.15, -0.1) is 0 Å². The molecule has 0 aromatic carbocycles. The molecule has 1 amide bonds. The molecule has 2 unspecified atom stereocenters. The van der Waals surface area contributed by atoms with Gasteiger partial charge in [0.2, 0.25) is 0 Å². The van der Waals surface area contributed by atoms with Crippen molar-refractivity contribution in [1.82, 2.24) is 4.90 Å². The fourth-order valence-electron chi connectivity index (χ4n) is 1.27. The second-order valence-corrected chi connectivity index (χ2v) is 2.72. The van der Waals surface area contributed by atoms with E-state index in [0.717, 1.165) is 4.90 Å². The number of ketones is 1. The molecule has 5 heteroatoms. The van der Waals surface area contributed by atoms with E-state index in [9.17, 15) is 9.59 Å². The first-order valence-electron chi connectivity index (χ1n) is 3.34. The van der Waals surface area contributed by atoms with Gasteiger partial charge in [0.05, 0.1) is 13.1 Å². The van der Waals surface area contributed by atoms with Crippen LogP contribution in [-0.4, -0.2) is 47.2 Å². The van der Waals surface area contributed by atoms with Crippen molar-refractivity contribution in [2.24, 2.45) is 0 Å². The van der Waals surface area contributed by atoms with Gasteiger partial charge in [-0.25, -0.2) is 4.79 Å². The second-order valence-electron chi connectivity index (χ2n) is 2.72. The molecule has 2 rings (SSSR count). The van der Waals surface area contributed by atoms with Crippen molar-refractivity contribution in [2.75, 3.05) is 13.1 Å². The van der Waals surface area contributed by atoms with Crippen LogP contribution in [0.3, 0.4) is 0 Å². The second kappa shape index (κ2) is 1.94. The van der Waals surface area contributed by atoms with Gasteiger partial charge >= 0.3 is 6.09 Å². The van der Waals surface area contributed by atoms with Gasteiger partial charge in [0.25, 0.3) is 0 Å². The number of fused-ring (bicyclic) bond motifs is 1. The highest BCUT2D eigenvalue weighted by Gasteiger charge is 2.50. The van der Waals surface area contributed by atoms with Crippen LogP contribution in [0, 0.1) is 0 Å². The lowest BCUT2D eigenvalue weighted by molar-refractivity contribution is -0.121. The molecule has 0 bridgehead atoms. The molecule has 1 N–H and O–H groups in total. The quantitative estimate of drug-likeness (QED) is 0.473. The zero-order valence-corrected chi connectivity index (χ0v) is 5.69. The maximum Gasteiger partial charge on any atom is 0.407 e. The van der Waals surface area contributed by atoms with Crippen LogP contribution in [0.1, 0.15) is 0 Å². The number of epoxide rings is 1. The topological polar surface area (TPSA) is 70.1 Å². The number of carboxylic acid groups (broad SMARTS) is 1. The average Bonchev–Trinajstić information content (AvgIpc) is 2.66. The summed E-state index contributed by atoms with van der Waals surface area (Å²) in [6, 6.07) is 0. The highest BCUT2D eigenvalue weighted by Crippen LogP contribution is 2.28. The van der Waals surface area contributed by atoms with E-state index in [1.807, 2.05) is 0 Å². The van der Waals surface area contributed by atoms with E-state index in [-0.39, 0.29) is 24.5 Å². The molecule has 60 valence electrons. The predicted octanol–water partition coefficient (Wildman–Crippen LogP) is -0.683. The number of carbonyl (C=O) groups is 2. The summed E-state index contributed by atoms with van der Waals surface area (Å²) in [6.45, 7) is 0.322. The zero-order valence-electron chi connectivity index (χ0n) is 5.69. The number of piperidine rings is 1. The van der Waals surface area contributed by atoms with Crippen LogP contribution in [0.5, 0.6) is 0 Å². The Bertz CT molecular complexity index is 227. The van der Waals surface area contributed by atoms with E-state index in [4.69, 9.17) is 9.84 Å². The largest absolute Gasteiger partial charge is 0.465 e. The Hall–Kier alpha value is -1.10. The smallest absolute Gasteiger partial charge is 0.407 e. The summed E-state index contributed by atoms with van der Waals surface area (Å²) in [5.74, 6) is -0.122. The Balaban J connectivity index is 2.05. The van der Waals surface area contributed by atoms with E-state index in [2.05, 4.69) is 0 Å². The van der Waals surface area contributed by atoms with Crippen molar-refractivity contribution in [2.45, 2.75) is 12.2 Å². The molecule has 2 fully saturated rings. The van der Waals surface area contributed by atoms with Gasteiger partial charge in [-0.1, -0.05) is 0 Å². The maximum absolute atomic E-state index is 10.9. The summed E-state index contributed by atoms with van der Waals surface area (Å²) in [5, 5.41) is 8.51. The van der Waals surface area contributed by atoms with Crippen molar-refractivity contribution < 1.29 is 19.4 Å². The number of carbonyl (C=O) groups excluding carboxylic acids is 1. The maximum atomic E-state index is 10.9. The Labute approximate surface area is 62.5 Å². The molecule has 2 aliphatic heterocycles. The predicted molar refractivity (Wildman–Crippen MR) is 33.3 cm³/mol. The molecule has 0 aromatic heterocycles. The molecule has 11 heavy (non-hydrogen) atoms. The molecular formula is C6H7NO4. The highest BCUT2D eigenvalue weighted by atomic mass is 16.6. The summed E-state index contributed by atoms with van der Waals surface area (Å²) in [6.07, 6.45) is -1.51. The van der Waals surface area contributed by atoms with Crippen LogP contribution in [-0.2, 0) is 9.53 Å². The Morgan fingerprint density at radius 3 is 3.00 bits per heavy atom. The lowest BCUT2D eigenvalue weighted by Gasteiger charge is -2.19. The fourth-order valence-corrected chi connectivity index (χ4v) is 1.27. The minimum atomic E-state index is -1.05. The Kier molecular flexibility index (Phi) is 1.17. The lowest BCUT2D eigenvalue weighted by atomic mass is 10.1. The standard InChI is InChI=1S/C6H7NO4/c8-3-1-7(6(9)10)2-4-5(3)11-4/h4-5H,1-2H2,(H,9,10). The van der Waals surface area contributed by atoms with Crippen LogP contribution in [0.4, 0.5) is 4.79 Å². The molecule has 0 spiro atoms. The summed E-state index contributed by atoms with van der Waals surface area (Å²) < 4.78 is 4.92. The van der Waals surface area contributed by atoms with Gasteiger partial charge in [-0.2, -0.15) is 0 Å². The molecule has 2 heterocycles. The van der Waals surface area contributed by atoms with Gasteiger partial charge in [-0.3, -0.25) is 9.69 Å². The number of ether oxygens (including phenoxy) is 1. The zero-order chi connectivity index (χ0) is 8.01.